The van der Waals surface area contributed by atoms with Crippen LogP contribution in [0.4, 0.5) is 11.4 Å². The lowest BCUT2D eigenvalue weighted by Crippen LogP contribution is -2.20. The number of rotatable bonds is 8. The van der Waals surface area contributed by atoms with Crippen LogP contribution in [0.15, 0.2) is 66.7 Å². The summed E-state index contributed by atoms with van der Waals surface area (Å²) in [6.45, 7) is 0.549. The summed E-state index contributed by atoms with van der Waals surface area (Å²) in [5.74, 6) is 0.191. The van der Waals surface area contributed by atoms with Crippen molar-refractivity contribution in [2.75, 3.05) is 5.43 Å². The predicted molar refractivity (Wildman–Crippen MR) is 111 cm³/mol. The van der Waals surface area contributed by atoms with Crippen LogP contribution in [0.2, 0.25) is 10.0 Å². The van der Waals surface area contributed by atoms with Crippen molar-refractivity contribution in [1.29, 1.82) is 0 Å². The molecule has 3 aromatic rings. The average molecular weight is 418 g/mol. The maximum Gasteiger partial charge on any atom is 0.311 e. The second kappa shape index (κ2) is 9.41. The predicted octanol–water partition coefficient (Wildman–Crippen LogP) is 5.60. The number of nitrogens with zero attached hydrogens (tertiary/aromatic N) is 1. The third-order valence-corrected chi connectivity index (χ3v) is 4.64. The minimum absolute atomic E-state index is 0.0981. The molecule has 0 saturated heterocycles. The van der Waals surface area contributed by atoms with E-state index in [0.29, 0.717) is 16.6 Å². The molecule has 0 bridgehead atoms. The first-order chi connectivity index (χ1) is 13.5. The van der Waals surface area contributed by atoms with Crippen molar-refractivity contribution < 1.29 is 9.66 Å². The number of ether oxygens (including phenoxy) is 1. The van der Waals surface area contributed by atoms with Gasteiger partial charge in [0, 0.05) is 18.3 Å². The highest BCUT2D eigenvalue weighted by atomic mass is 35.5. The smallest absolute Gasteiger partial charge is 0.311 e. The SMILES string of the molecule is O=[N+]([O-])c1cc(CNNc2ccccc2)ccc1OCc1ccc(Cl)c(Cl)c1. The molecule has 0 radical (unpaired) electrons. The molecule has 0 amide bonds. The van der Waals surface area contributed by atoms with Crippen LogP contribution in [0.3, 0.4) is 0 Å². The fourth-order valence-corrected chi connectivity index (χ4v) is 2.82. The molecule has 3 aromatic carbocycles. The summed E-state index contributed by atoms with van der Waals surface area (Å²) in [6.07, 6.45) is 0. The van der Waals surface area contributed by atoms with Crippen molar-refractivity contribution in [1.82, 2.24) is 5.43 Å². The molecule has 0 aliphatic rings. The van der Waals surface area contributed by atoms with Gasteiger partial charge in [-0.25, -0.2) is 5.43 Å². The molecular formula is C20H17Cl2N3O3. The van der Waals surface area contributed by atoms with E-state index in [4.69, 9.17) is 27.9 Å². The van der Waals surface area contributed by atoms with E-state index in [1.54, 1.807) is 30.3 Å². The summed E-state index contributed by atoms with van der Waals surface area (Å²) in [5, 5.41) is 12.3. The monoisotopic (exact) mass is 417 g/mol. The number of hydrogen-bond donors (Lipinski definition) is 2. The van der Waals surface area contributed by atoms with Crippen LogP contribution in [0.1, 0.15) is 11.1 Å². The average Bonchev–Trinajstić information content (AvgIpc) is 2.70. The minimum atomic E-state index is -0.460. The van der Waals surface area contributed by atoms with Crippen LogP contribution in [0, 0.1) is 10.1 Å². The van der Waals surface area contributed by atoms with E-state index in [-0.39, 0.29) is 18.0 Å². The molecule has 0 aliphatic carbocycles. The van der Waals surface area contributed by atoms with Crippen molar-refractivity contribution in [2.45, 2.75) is 13.2 Å². The highest BCUT2D eigenvalue weighted by molar-refractivity contribution is 6.42. The largest absolute Gasteiger partial charge is 0.482 e. The van der Waals surface area contributed by atoms with E-state index in [1.165, 1.54) is 6.07 Å². The number of halogens is 2. The first-order valence-electron chi connectivity index (χ1n) is 8.41. The first-order valence-corrected chi connectivity index (χ1v) is 9.16. The number of nitro groups is 1. The van der Waals surface area contributed by atoms with Crippen molar-refractivity contribution in [3.8, 4) is 5.75 Å². The van der Waals surface area contributed by atoms with Gasteiger partial charge in [-0.15, -0.1) is 0 Å². The number of hydrogen-bond acceptors (Lipinski definition) is 5. The summed E-state index contributed by atoms with van der Waals surface area (Å²) >= 11 is 11.9. The molecule has 28 heavy (non-hydrogen) atoms. The van der Waals surface area contributed by atoms with E-state index in [9.17, 15) is 10.1 Å². The summed E-state index contributed by atoms with van der Waals surface area (Å²) in [4.78, 5) is 11.0. The maximum absolute atomic E-state index is 11.4. The Morgan fingerprint density at radius 3 is 2.39 bits per heavy atom. The molecule has 0 fully saturated rings. The van der Waals surface area contributed by atoms with Gasteiger partial charge in [-0.2, -0.15) is 0 Å². The van der Waals surface area contributed by atoms with Crippen molar-refractivity contribution in [3.63, 3.8) is 0 Å². The Bertz CT molecular complexity index is 968. The Balaban J connectivity index is 1.65. The van der Waals surface area contributed by atoms with Crippen molar-refractivity contribution in [3.05, 3.63) is 98.0 Å². The number of benzene rings is 3. The van der Waals surface area contributed by atoms with Crippen LogP contribution in [0.5, 0.6) is 5.75 Å². The molecule has 0 aliphatic heterocycles. The molecule has 144 valence electrons. The lowest BCUT2D eigenvalue weighted by Gasteiger charge is -2.11. The topological polar surface area (TPSA) is 76.4 Å². The molecule has 0 atom stereocenters. The Morgan fingerprint density at radius 1 is 0.929 bits per heavy atom. The molecule has 0 aromatic heterocycles. The minimum Gasteiger partial charge on any atom is -0.482 e. The highest BCUT2D eigenvalue weighted by Gasteiger charge is 2.16. The molecule has 0 saturated carbocycles. The van der Waals surface area contributed by atoms with Gasteiger partial charge in [0.15, 0.2) is 5.75 Å². The molecule has 0 heterocycles. The molecule has 0 spiro atoms. The molecule has 8 heteroatoms. The summed E-state index contributed by atoms with van der Waals surface area (Å²) in [5.41, 5.74) is 8.39. The van der Waals surface area contributed by atoms with E-state index in [2.05, 4.69) is 10.9 Å². The number of nitrogens with one attached hydrogen (secondary N) is 2. The zero-order valence-electron chi connectivity index (χ0n) is 14.7. The Hall–Kier alpha value is -2.80. The van der Waals surface area contributed by atoms with E-state index in [0.717, 1.165) is 16.8 Å². The third kappa shape index (κ3) is 5.36. The van der Waals surface area contributed by atoms with Crippen molar-refractivity contribution in [2.24, 2.45) is 0 Å². The van der Waals surface area contributed by atoms with Gasteiger partial charge < -0.3 is 10.2 Å². The zero-order valence-corrected chi connectivity index (χ0v) is 16.2. The van der Waals surface area contributed by atoms with Gasteiger partial charge in [0.25, 0.3) is 0 Å². The lowest BCUT2D eigenvalue weighted by molar-refractivity contribution is -0.386. The standard InChI is InChI=1S/C20H17Cl2N3O3/c21-17-8-6-15(10-18(17)22)13-28-20-9-7-14(11-19(20)25(26)27)12-23-24-16-4-2-1-3-5-16/h1-11,23-24H,12-13H2. The highest BCUT2D eigenvalue weighted by Crippen LogP contribution is 2.29. The quantitative estimate of drug-likeness (QED) is 0.368. The number of nitro benzene ring substituents is 1. The normalized spacial score (nSPS) is 10.5. The van der Waals surface area contributed by atoms with Crippen LogP contribution in [-0.4, -0.2) is 4.92 Å². The second-order valence-electron chi connectivity index (χ2n) is 5.94. The van der Waals surface area contributed by atoms with Gasteiger partial charge in [0.1, 0.15) is 6.61 Å². The lowest BCUT2D eigenvalue weighted by atomic mass is 10.2. The van der Waals surface area contributed by atoms with Gasteiger partial charge in [-0.05, 0) is 41.5 Å². The van der Waals surface area contributed by atoms with Crippen LogP contribution < -0.4 is 15.6 Å². The number of anilines is 1. The van der Waals surface area contributed by atoms with Gasteiger partial charge in [-0.3, -0.25) is 10.1 Å². The second-order valence-corrected chi connectivity index (χ2v) is 6.76. The molecule has 2 N–H and O–H groups in total. The Kier molecular flexibility index (Phi) is 6.71. The zero-order chi connectivity index (χ0) is 19.9. The van der Waals surface area contributed by atoms with Crippen LogP contribution in [0.25, 0.3) is 0 Å². The van der Waals surface area contributed by atoms with Crippen LogP contribution in [-0.2, 0) is 13.2 Å². The van der Waals surface area contributed by atoms with E-state index >= 15 is 0 Å². The number of hydrazine groups is 1. The summed E-state index contributed by atoms with van der Waals surface area (Å²) < 4.78 is 5.63. The maximum atomic E-state index is 11.4. The van der Waals surface area contributed by atoms with Crippen molar-refractivity contribution >= 4 is 34.6 Å². The van der Waals surface area contributed by atoms with Gasteiger partial charge in [0.2, 0.25) is 0 Å². The Morgan fingerprint density at radius 2 is 1.68 bits per heavy atom. The fourth-order valence-electron chi connectivity index (χ4n) is 2.50. The van der Waals surface area contributed by atoms with Crippen LogP contribution >= 0.6 is 23.2 Å². The third-order valence-electron chi connectivity index (χ3n) is 3.90. The van der Waals surface area contributed by atoms with Gasteiger partial charge in [-0.1, -0.05) is 53.5 Å². The summed E-state index contributed by atoms with van der Waals surface area (Å²) in [6, 6.07) is 19.5. The van der Waals surface area contributed by atoms with Gasteiger partial charge >= 0.3 is 5.69 Å². The Labute approximate surface area is 172 Å². The number of para-hydroxylation sites is 1. The molecule has 6 nitrogen and oxygen atoms in total. The fraction of sp³-hybridized carbons (Fsp3) is 0.100. The molecule has 3 rings (SSSR count). The van der Waals surface area contributed by atoms with E-state index in [1.807, 2.05) is 30.3 Å². The molecular weight excluding hydrogens is 401 g/mol. The molecule has 0 unspecified atom stereocenters. The summed E-state index contributed by atoms with van der Waals surface area (Å²) in [7, 11) is 0. The first kappa shape index (κ1) is 19.9. The van der Waals surface area contributed by atoms with Gasteiger partial charge in [0.05, 0.1) is 15.0 Å². The van der Waals surface area contributed by atoms with E-state index < -0.39 is 4.92 Å².